The van der Waals surface area contributed by atoms with Crippen molar-refractivity contribution in [2.24, 2.45) is 10.7 Å². The van der Waals surface area contributed by atoms with Gasteiger partial charge in [-0.15, -0.1) is 0 Å². The van der Waals surface area contributed by atoms with E-state index >= 15 is 0 Å². The summed E-state index contributed by atoms with van der Waals surface area (Å²) < 4.78 is 12.9. The van der Waals surface area contributed by atoms with Gasteiger partial charge in [0, 0.05) is 21.3 Å². The molecule has 0 saturated heterocycles. The minimum Gasteiger partial charge on any atom is -0.370 e. The van der Waals surface area contributed by atoms with E-state index in [0.717, 1.165) is 0 Å². The lowest BCUT2D eigenvalue weighted by Crippen LogP contribution is -2.39. The van der Waals surface area contributed by atoms with E-state index in [-0.39, 0.29) is 16.9 Å². The zero-order valence-electron chi connectivity index (χ0n) is 12.7. The number of nitrogens with two attached hydrogens (primary N) is 1. The van der Waals surface area contributed by atoms with Crippen molar-refractivity contribution < 1.29 is 9.18 Å². The van der Waals surface area contributed by atoms with Gasteiger partial charge in [0.15, 0.2) is 11.1 Å². The van der Waals surface area contributed by atoms with Crippen molar-refractivity contribution in [3.63, 3.8) is 0 Å². The number of carbonyl (C=O) groups is 1. The van der Waals surface area contributed by atoms with Crippen LogP contribution in [0.15, 0.2) is 47.5 Å². The van der Waals surface area contributed by atoms with Crippen molar-refractivity contribution in [2.45, 2.75) is 6.04 Å². The number of rotatable bonds is 4. The maximum atomic E-state index is 12.9. The van der Waals surface area contributed by atoms with Crippen LogP contribution in [-0.2, 0) is 4.79 Å². The summed E-state index contributed by atoms with van der Waals surface area (Å²) >= 11 is 17.2. The molecule has 0 heterocycles. The second-order valence-electron chi connectivity index (χ2n) is 4.82. The topological polar surface area (TPSA) is 79.5 Å². The molecule has 1 unspecified atom stereocenters. The minimum absolute atomic E-state index is 0.104. The van der Waals surface area contributed by atoms with E-state index in [0.29, 0.717) is 27.6 Å². The number of nitrogens with zero attached hydrogens (tertiary/aromatic N) is 1. The molecule has 0 aliphatic carbocycles. The Hall–Kier alpha value is -2.22. The Morgan fingerprint density at radius 2 is 1.80 bits per heavy atom. The van der Waals surface area contributed by atoms with Gasteiger partial charge in [-0.1, -0.05) is 29.3 Å². The predicted octanol–water partition coefficient (Wildman–Crippen LogP) is 3.67. The molecule has 0 aliphatic rings. The molecule has 0 radical (unpaired) electrons. The maximum absolute atomic E-state index is 12.9. The standard InChI is InChI=1S/C16H13Cl2FN4OS/c17-11-2-1-3-12(18)14(11)13(8-24)22-15(20)23-16(25)21-10-6-4-9(19)5-7-10/h1-8,13H,(H4,20,21,22,23,25). The first-order valence-electron chi connectivity index (χ1n) is 6.96. The number of hydrogen-bond donors (Lipinski definition) is 3. The highest BCUT2D eigenvalue weighted by Crippen LogP contribution is 2.31. The highest BCUT2D eigenvalue weighted by atomic mass is 35.5. The number of aliphatic imine (C=N–C) groups is 1. The van der Waals surface area contributed by atoms with Gasteiger partial charge >= 0.3 is 0 Å². The molecule has 0 aliphatic heterocycles. The average Bonchev–Trinajstić information content (AvgIpc) is 2.55. The molecule has 2 aromatic rings. The first kappa shape index (κ1) is 19.1. The van der Waals surface area contributed by atoms with Gasteiger partial charge in [-0.3, -0.25) is 0 Å². The van der Waals surface area contributed by atoms with Crippen LogP contribution in [0.1, 0.15) is 11.6 Å². The van der Waals surface area contributed by atoms with Gasteiger partial charge in [-0.25, -0.2) is 9.38 Å². The van der Waals surface area contributed by atoms with Gasteiger partial charge in [0.05, 0.1) is 0 Å². The Labute approximate surface area is 159 Å². The lowest BCUT2D eigenvalue weighted by molar-refractivity contribution is -0.108. The van der Waals surface area contributed by atoms with Crippen molar-refractivity contribution in [1.29, 1.82) is 0 Å². The number of hydrogen-bond acceptors (Lipinski definition) is 3. The number of aldehydes is 1. The summed E-state index contributed by atoms with van der Waals surface area (Å²) in [6.07, 6.45) is 0.568. The quantitative estimate of drug-likeness (QED) is 0.316. The van der Waals surface area contributed by atoms with E-state index < -0.39 is 6.04 Å². The molecule has 25 heavy (non-hydrogen) atoms. The largest absolute Gasteiger partial charge is 0.370 e. The fourth-order valence-corrected chi connectivity index (χ4v) is 2.79. The third kappa shape index (κ3) is 5.38. The lowest BCUT2D eigenvalue weighted by Gasteiger charge is -2.13. The lowest BCUT2D eigenvalue weighted by atomic mass is 10.1. The molecule has 0 fully saturated rings. The Morgan fingerprint density at radius 1 is 1.20 bits per heavy atom. The Bertz CT molecular complexity index is 794. The fourth-order valence-electron chi connectivity index (χ4n) is 1.95. The Kier molecular flexibility index (Phi) is 6.69. The second kappa shape index (κ2) is 8.75. The highest BCUT2D eigenvalue weighted by Gasteiger charge is 2.17. The molecular formula is C16H13Cl2FN4OS. The highest BCUT2D eigenvalue weighted by molar-refractivity contribution is 7.80. The maximum Gasteiger partial charge on any atom is 0.195 e. The first-order chi connectivity index (χ1) is 11.9. The van der Waals surface area contributed by atoms with Gasteiger partial charge in [0.25, 0.3) is 0 Å². The van der Waals surface area contributed by atoms with E-state index in [9.17, 15) is 9.18 Å². The van der Waals surface area contributed by atoms with Crippen molar-refractivity contribution in [3.05, 3.63) is 63.9 Å². The van der Waals surface area contributed by atoms with E-state index in [1.807, 2.05) is 0 Å². The molecule has 4 N–H and O–H groups in total. The summed E-state index contributed by atoms with van der Waals surface area (Å²) in [6, 6.07) is 9.45. The molecule has 2 aromatic carbocycles. The molecule has 130 valence electrons. The van der Waals surface area contributed by atoms with Crippen LogP contribution in [0.5, 0.6) is 0 Å². The number of nitrogens with one attached hydrogen (secondary N) is 2. The van der Waals surface area contributed by atoms with Gasteiger partial charge in [0.1, 0.15) is 18.1 Å². The molecular weight excluding hydrogens is 386 g/mol. The van der Waals surface area contributed by atoms with Crippen molar-refractivity contribution >= 4 is 58.5 Å². The molecule has 5 nitrogen and oxygen atoms in total. The van der Waals surface area contributed by atoms with E-state index in [1.54, 1.807) is 18.2 Å². The van der Waals surface area contributed by atoms with E-state index in [1.165, 1.54) is 24.3 Å². The summed E-state index contributed by atoms with van der Waals surface area (Å²) in [5.41, 5.74) is 6.69. The summed E-state index contributed by atoms with van der Waals surface area (Å²) in [4.78, 5) is 15.4. The van der Waals surface area contributed by atoms with Crippen LogP contribution in [0.4, 0.5) is 10.1 Å². The number of anilines is 1. The number of thiocarbonyl (C=S) groups is 1. The smallest absolute Gasteiger partial charge is 0.195 e. The van der Waals surface area contributed by atoms with Gasteiger partial charge in [-0.2, -0.15) is 0 Å². The fraction of sp³-hybridized carbons (Fsp3) is 0.0625. The average molecular weight is 399 g/mol. The third-order valence-corrected chi connectivity index (χ3v) is 3.91. The number of halogens is 3. The Morgan fingerprint density at radius 3 is 2.36 bits per heavy atom. The van der Waals surface area contributed by atoms with E-state index in [4.69, 9.17) is 41.2 Å². The normalized spacial score (nSPS) is 12.4. The van der Waals surface area contributed by atoms with Crippen LogP contribution < -0.4 is 16.4 Å². The zero-order chi connectivity index (χ0) is 18.4. The minimum atomic E-state index is -0.984. The van der Waals surface area contributed by atoms with Crippen LogP contribution in [-0.4, -0.2) is 17.4 Å². The molecule has 0 spiro atoms. The molecule has 9 heteroatoms. The number of carbonyl (C=O) groups excluding carboxylic acids is 1. The summed E-state index contributed by atoms with van der Waals surface area (Å²) in [5.74, 6) is -0.469. The van der Waals surface area contributed by atoms with Crippen LogP contribution in [0.3, 0.4) is 0 Å². The number of benzene rings is 2. The molecule has 0 bridgehead atoms. The Balaban J connectivity index is 2.09. The summed E-state index contributed by atoms with van der Waals surface area (Å²) in [6.45, 7) is 0. The van der Waals surface area contributed by atoms with Crippen LogP contribution >= 0.6 is 35.4 Å². The molecule has 0 saturated carbocycles. The van der Waals surface area contributed by atoms with Crippen LogP contribution in [0, 0.1) is 5.82 Å². The third-order valence-electron chi connectivity index (χ3n) is 3.05. The number of guanidine groups is 1. The van der Waals surface area contributed by atoms with Gasteiger partial charge in [-0.05, 0) is 48.6 Å². The van der Waals surface area contributed by atoms with Crippen molar-refractivity contribution in [2.75, 3.05) is 5.32 Å². The molecule has 1 atom stereocenters. The zero-order valence-corrected chi connectivity index (χ0v) is 15.0. The second-order valence-corrected chi connectivity index (χ2v) is 6.04. The van der Waals surface area contributed by atoms with Crippen molar-refractivity contribution in [1.82, 2.24) is 5.32 Å². The van der Waals surface area contributed by atoms with Crippen LogP contribution in [0.2, 0.25) is 10.0 Å². The van der Waals surface area contributed by atoms with Gasteiger partial charge < -0.3 is 21.2 Å². The van der Waals surface area contributed by atoms with Crippen molar-refractivity contribution in [3.8, 4) is 0 Å². The van der Waals surface area contributed by atoms with Crippen LogP contribution in [0.25, 0.3) is 0 Å². The van der Waals surface area contributed by atoms with Gasteiger partial charge in [0.2, 0.25) is 0 Å². The summed E-state index contributed by atoms with van der Waals surface area (Å²) in [5, 5.41) is 6.16. The molecule has 0 amide bonds. The molecule has 2 rings (SSSR count). The summed E-state index contributed by atoms with van der Waals surface area (Å²) in [7, 11) is 0. The molecule has 0 aromatic heterocycles. The predicted molar refractivity (Wildman–Crippen MR) is 103 cm³/mol. The first-order valence-corrected chi connectivity index (χ1v) is 8.13. The monoisotopic (exact) mass is 398 g/mol. The van der Waals surface area contributed by atoms with E-state index in [2.05, 4.69) is 15.6 Å². The SMILES string of the molecule is NC(=NC(C=O)c1c(Cl)cccc1Cl)NC(=S)Nc1ccc(F)cc1.